The smallest absolute Gasteiger partial charge is 0.178 e. The highest BCUT2D eigenvalue weighted by Gasteiger charge is 2.13. The number of hydrogen-bond acceptors (Lipinski definition) is 3. The number of aromatic nitrogens is 1. The summed E-state index contributed by atoms with van der Waals surface area (Å²) in [5.41, 5.74) is 3.22. The standard InChI is InChI=1S/C11H9NOS/c1-2-4-8(5-3-1)10-11-9(13-12-10)6-7-14-11/h1-2,4,6-7H,3,5H2. The third-order valence-electron chi connectivity index (χ3n) is 2.40. The molecule has 0 atom stereocenters. The second-order valence-electron chi connectivity index (χ2n) is 3.30. The van der Waals surface area contributed by atoms with E-state index in [9.17, 15) is 0 Å². The van der Waals surface area contributed by atoms with Crippen LogP contribution in [0.2, 0.25) is 0 Å². The Bertz CT molecular complexity index is 518. The van der Waals surface area contributed by atoms with Crippen LogP contribution in [0.25, 0.3) is 15.9 Å². The minimum Gasteiger partial charge on any atom is -0.355 e. The zero-order valence-electron chi connectivity index (χ0n) is 7.56. The highest BCUT2D eigenvalue weighted by Crippen LogP contribution is 2.32. The predicted molar refractivity (Wildman–Crippen MR) is 58.2 cm³/mol. The van der Waals surface area contributed by atoms with Crippen LogP contribution in [-0.2, 0) is 0 Å². The Hall–Kier alpha value is -1.35. The maximum Gasteiger partial charge on any atom is 0.178 e. The minimum atomic E-state index is 0.903. The predicted octanol–water partition coefficient (Wildman–Crippen LogP) is 3.62. The van der Waals surface area contributed by atoms with Crippen molar-refractivity contribution in [3.05, 3.63) is 35.4 Å². The summed E-state index contributed by atoms with van der Waals surface area (Å²) in [7, 11) is 0. The van der Waals surface area contributed by atoms with E-state index in [4.69, 9.17) is 4.52 Å². The molecule has 2 aromatic rings. The summed E-state index contributed by atoms with van der Waals surface area (Å²) in [5.74, 6) is 0. The van der Waals surface area contributed by atoms with E-state index in [1.54, 1.807) is 11.3 Å². The topological polar surface area (TPSA) is 26.0 Å². The van der Waals surface area contributed by atoms with Gasteiger partial charge in [-0.15, -0.1) is 11.3 Å². The van der Waals surface area contributed by atoms with Crippen molar-refractivity contribution in [1.82, 2.24) is 5.16 Å². The molecule has 3 rings (SSSR count). The summed E-state index contributed by atoms with van der Waals surface area (Å²) in [5, 5.41) is 6.15. The van der Waals surface area contributed by atoms with Crippen molar-refractivity contribution < 1.29 is 4.52 Å². The summed E-state index contributed by atoms with van der Waals surface area (Å²) in [6.45, 7) is 0. The molecule has 0 saturated carbocycles. The van der Waals surface area contributed by atoms with Crippen LogP contribution in [0.15, 0.2) is 34.2 Å². The molecule has 3 heteroatoms. The minimum absolute atomic E-state index is 0.903. The summed E-state index contributed by atoms with van der Waals surface area (Å²) >= 11 is 1.69. The number of nitrogens with zero attached hydrogens (tertiary/aromatic N) is 1. The molecule has 2 nitrogen and oxygen atoms in total. The number of hydrogen-bond donors (Lipinski definition) is 0. The number of thiophene rings is 1. The third kappa shape index (κ3) is 1.13. The summed E-state index contributed by atoms with van der Waals surface area (Å²) in [6, 6.07) is 1.97. The van der Waals surface area contributed by atoms with E-state index in [2.05, 4.69) is 23.4 Å². The molecule has 0 unspecified atom stereocenters. The Balaban J connectivity index is 2.17. The summed E-state index contributed by atoms with van der Waals surface area (Å²) < 4.78 is 6.41. The first-order chi connectivity index (χ1) is 6.95. The van der Waals surface area contributed by atoms with Crippen molar-refractivity contribution >= 4 is 27.2 Å². The van der Waals surface area contributed by atoms with Crippen molar-refractivity contribution in [2.75, 3.05) is 0 Å². The van der Waals surface area contributed by atoms with Crippen LogP contribution in [-0.4, -0.2) is 5.16 Å². The van der Waals surface area contributed by atoms with Crippen LogP contribution in [0.5, 0.6) is 0 Å². The van der Waals surface area contributed by atoms with Gasteiger partial charge in [-0.3, -0.25) is 0 Å². The lowest BCUT2D eigenvalue weighted by molar-refractivity contribution is 0.453. The first-order valence-corrected chi connectivity index (χ1v) is 5.52. The molecule has 70 valence electrons. The first-order valence-electron chi connectivity index (χ1n) is 4.64. The molecule has 2 aromatic heterocycles. The fourth-order valence-corrected chi connectivity index (χ4v) is 2.51. The summed E-state index contributed by atoms with van der Waals surface area (Å²) in [6.07, 6.45) is 8.56. The number of fused-ring (bicyclic) bond motifs is 1. The average Bonchev–Trinajstić information content (AvgIpc) is 2.79. The van der Waals surface area contributed by atoms with Gasteiger partial charge in [0.05, 0.1) is 0 Å². The number of rotatable bonds is 1. The maximum absolute atomic E-state index is 5.24. The van der Waals surface area contributed by atoms with Gasteiger partial charge in [0.2, 0.25) is 0 Å². The van der Waals surface area contributed by atoms with Gasteiger partial charge in [-0.05, 0) is 29.9 Å². The lowest BCUT2D eigenvalue weighted by Crippen LogP contribution is -1.87. The Labute approximate surface area is 85.5 Å². The molecule has 1 aliphatic rings. The van der Waals surface area contributed by atoms with Gasteiger partial charge in [-0.2, -0.15) is 0 Å². The highest BCUT2D eigenvalue weighted by atomic mass is 32.1. The van der Waals surface area contributed by atoms with Crippen molar-refractivity contribution in [3.8, 4) is 0 Å². The SMILES string of the molecule is C1=CCCC(c2noc3ccsc23)=C1. The molecule has 0 saturated heterocycles. The fourth-order valence-electron chi connectivity index (χ4n) is 1.68. The second-order valence-corrected chi connectivity index (χ2v) is 4.22. The van der Waals surface area contributed by atoms with Crippen molar-refractivity contribution in [2.45, 2.75) is 12.8 Å². The van der Waals surface area contributed by atoms with E-state index in [1.165, 1.54) is 10.3 Å². The van der Waals surface area contributed by atoms with Gasteiger partial charge < -0.3 is 4.52 Å². The highest BCUT2D eigenvalue weighted by molar-refractivity contribution is 7.17. The van der Waals surface area contributed by atoms with Gasteiger partial charge >= 0.3 is 0 Å². The molecule has 0 aliphatic heterocycles. The zero-order chi connectivity index (χ0) is 9.38. The Kier molecular flexibility index (Phi) is 1.77. The van der Waals surface area contributed by atoms with Gasteiger partial charge in [0.1, 0.15) is 10.4 Å². The normalized spacial score (nSPS) is 16.1. The Morgan fingerprint density at radius 3 is 3.29 bits per heavy atom. The number of allylic oxidation sites excluding steroid dienone is 4. The van der Waals surface area contributed by atoms with E-state index >= 15 is 0 Å². The summed E-state index contributed by atoms with van der Waals surface area (Å²) in [4.78, 5) is 0. The fraction of sp³-hybridized carbons (Fsp3) is 0.182. The third-order valence-corrected chi connectivity index (χ3v) is 3.30. The molecule has 1 aliphatic carbocycles. The van der Waals surface area contributed by atoms with E-state index in [0.29, 0.717) is 0 Å². The van der Waals surface area contributed by atoms with Gasteiger partial charge in [0.15, 0.2) is 5.58 Å². The Morgan fingerprint density at radius 2 is 2.43 bits per heavy atom. The molecule has 0 spiro atoms. The van der Waals surface area contributed by atoms with Crippen LogP contribution < -0.4 is 0 Å². The quantitative estimate of drug-likeness (QED) is 0.707. The van der Waals surface area contributed by atoms with Crippen LogP contribution in [0, 0.1) is 0 Å². The molecular formula is C11H9NOS. The van der Waals surface area contributed by atoms with Crippen LogP contribution in [0.1, 0.15) is 18.5 Å². The molecule has 14 heavy (non-hydrogen) atoms. The van der Waals surface area contributed by atoms with Gasteiger partial charge in [-0.25, -0.2) is 0 Å². The zero-order valence-corrected chi connectivity index (χ0v) is 8.38. The van der Waals surface area contributed by atoms with E-state index in [0.717, 1.165) is 24.1 Å². The lowest BCUT2D eigenvalue weighted by Gasteiger charge is -2.04. The molecular weight excluding hydrogens is 194 g/mol. The van der Waals surface area contributed by atoms with Crippen LogP contribution in [0.3, 0.4) is 0 Å². The maximum atomic E-state index is 5.24. The van der Waals surface area contributed by atoms with E-state index < -0.39 is 0 Å². The first kappa shape index (κ1) is 8.00. The molecule has 0 amide bonds. The molecule has 2 heterocycles. The van der Waals surface area contributed by atoms with Gasteiger partial charge in [0, 0.05) is 0 Å². The molecule has 0 bridgehead atoms. The van der Waals surface area contributed by atoms with Crippen LogP contribution in [0.4, 0.5) is 0 Å². The van der Waals surface area contributed by atoms with Gasteiger partial charge in [-0.1, -0.05) is 23.4 Å². The van der Waals surface area contributed by atoms with Gasteiger partial charge in [0.25, 0.3) is 0 Å². The molecule has 0 radical (unpaired) electrons. The van der Waals surface area contributed by atoms with Crippen molar-refractivity contribution in [2.24, 2.45) is 0 Å². The van der Waals surface area contributed by atoms with E-state index in [1.807, 2.05) is 11.4 Å². The van der Waals surface area contributed by atoms with Crippen molar-refractivity contribution in [1.29, 1.82) is 0 Å². The Morgan fingerprint density at radius 1 is 1.43 bits per heavy atom. The second kappa shape index (κ2) is 3.10. The van der Waals surface area contributed by atoms with E-state index in [-0.39, 0.29) is 0 Å². The molecule has 0 fully saturated rings. The average molecular weight is 203 g/mol. The molecule has 0 aromatic carbocycles. The molecule has 0 N–H and O–H groups in total. The van der Waals surface area contributed by atoms with Crippen LogP contribution >= 0.6 is 11.3 Å². The largest absolute Gasteiger partial charge is 0.355 e. The monoisotopic (exact) mass is 203 g/mol. The van der Waals surface area contributed by atoms with Crippen molar-refractivity contribution in [3.63, 3.8) is 0 Å². The lowest BCUT2D eigenvalue weighted by atomic mass is 10.0.